The first-order valence-corrected chi connectivity index (χ1v) is 13.7. The molecule has 4 atom stereocenters. The van der Waals surface area contributed by atoms with E-state index in [9.17, 15) is 9.18 Å². The zero-order chi connectivity index (χ0) is 26.8. The number of pyridine rings is 1. The predicted octanol–water partition coefficient (Wildman–Crippen LogP) is 4.36. The summed E-state index contributed by atoms with van der Waals surface area (Å²) in [6, 6.07) is -0.0953. The number of ether oxygens (including phenoxy) is 2. The molecule has 6 rings (SSSR count). The zero-order valence-electron chi connectivity index (χ0n) is 21.9. The lowest BCUT2D eigenvalue weighted by Gasteiger charge is -2.42. The molecular weight excluding hydrogens is 518 g/mol. The van der Waals surface area contributed by atoms with E-state index >= 15 is 4.39 Å². The van der Waals surface area contributed by atoms with Crippen LogP contribution in [0.15, 0.2) is 6.20 Å². The van der Waals surface area contributed by atoms with Crippen molar-refractivity contribution in [1.82, 2.24) is 24.8 Å². The third kappa shape index (κ3) is 4.51. The van der Waals surface area contributed by atoms with Gasteiger partial charge in [0.2, 0.25) is 0 Å². The lowest BCUT2D eigenvalue weighted by atomic mass is 9.95. The number of amides is 1. The minimum Gasteiger partial charge on any atom is -0.461 e. The third-order valence-electron chi connectivity index (χ3n) is 8.22. The second kappa shape index (κ2) is 9.29. The van der Waals surface area contributed by atoms with E-state index < -0.39 is 17.6 Å². The largest absolute Gasteiger partial charge is 0.461 e. The van der Waals surface area contributed by atoms with Crippen LogP contribution in [0.2, 0.25) is 5.15 Å². The number of carbonyl (C=O) groups is 1. The summed E-state index contributed by atoms with van der Waals surface area (Å²) >= 11 is 6.00. The fraction of sp³-hybridized carbons (Fsp3) is 0.692. The number of anilines is 1. The highest BCUT2D eigenvalue weighted by molar-refractivity contribution is 6.30. The molecule has 0 aromatic carbocycles. The summed E-state index contributed by atoms with van der Waals surface area (Å²) in [6.07, 6.45) is 4.20. The van der Waals surface area contributed by atoms with Crippen LogP contribution in [-0.2, 0) is 4.74 Å². The fourth-order valence-corrected chi connectivity index (χ4v) is 6.78. The van der Waals surface area contributed by atoms with E-state index in [2.05, 4.69) is 14.9 Å². The Bertz CT molecular complexity index is 1250. The lowest BCUT2D eigenvalue weighted by molar-refractivity contribution is 0.0122. The first-order chi connectivity index (χ1) is 18.0. The number of piperazine rings is 1. The highest BCUT2D eigenvalue weighted by atomic mass is 35.5. The maximum absolute atomic E-state index is 15.1. The van der Waals surface area contributed by atoms with Crippen molar-refractivity contribution >= 4 is 34.4 Å². The maximum atomic E-state index is 15.1. The molecule has 4 saturated heterocycles. The third-order valence-corrected chi connectivity index (χ3v) is 8.48. The Morgan fingerprint density at radius 3 is 2.66 bits per heavy atom. The second-order valence-electron chi connectivity index (χ2n) is 12.0. The zero-order valence-corrected chi connectivity index (χ0v) is 22.7. The van der Waals surface area contributed by atoms with Crippen molar-refractivity contribution in [3.63, 3.8) is 0 Å². The molecule has 0 saturated carbocycles. The van der Waals surface area contributed by atoms with Crippen molar-refractivity contribution in [2.45, 2.75) is 82.3 Å². The summed E-state index contributed by atoms with van der Waals surface area (Å²) in [7, 11) is 0. The van der Waals surface area contributed by atoms with Crippen molar-refractivity contribution in [3.05, 3.63) is 17.2 Å². The quantitative estimate of drug-likeness (QED) is 0.519. The van der Waals surface area contributed by atoms with Crippen LogP contribution < -0.4 is 9.64 Å². The maximum Gasteiger partial charge on any atom is 0.410 e. The first kappa shape index (κ1) is 25.7. The van der Waals surface area contributed by atoms with Gasteiger partial charge in [0.05, 0.1) is 23.0 Å². The van der Waals surface area contributed by atoms with Gasteiger partial charge in [0.25, 0.3) is 0 Å². The van der Waals surface area contributed by atoms with Crippen molar-refractivity contribution in [3.8, 4) is 6.01 Å². The monoisotopic (exact) mass is 550 g/mol. The molecule has 0 radical (unpaired) electrons. The Kier molecular flexibility index (Phi) is 6.29. The number of aromatic nitrogens is 3. The molecule has 4 aliphatic rings. The van der Waals surface area contributed by atoms with Crippen LogP contribution in [0.3, 0.4) is 0 Å². The Morgan fingerprint density at radius 2 is 1.95 bits per heavy atom. The SMILES string of the molecule is CC(C)(C)OC(=O)N1[C@H]2CC[C@H]1CN(c1nc(OC[C@@]34CCCN3C[C@H](F)C4)nc3c(F)c(Cl)ncc13)C2. The van der Waals surface area contributed by atoms with Gasteiger partial charge in [-0.1, -0.05) is 11.6 Å². The van der Waals surface area contributed by atoms with Gasteiger partial charge in [-0.3, -0.25) is 9.80 Å². The molecule has 2 aromatic rings. The van der Waals surface area contributed by atoms with Gasteiger partial charge in [-0.2, -0.15) is 9.97 Å². The van der Waals surface area contributed by atoms with E-state index in [-0.39, 0.29) is 47.0 Å². The van der Waals surface area contributed by atoms with E-state index in [0.29, 0.717) is 37.3 Å². The Morgan fingerprint density at radius 1 is 1.21 bits per heavy atom. The van der Waals surface area contributed by atoms with Crippen LogP contribution in [0, 0.1) is 5.82 Å². The molecule has 4 fully saturated rings. The van der Waals surface area contributed by atoms with E-state index in [1.807, 2.05) is 30.6 Å². The van der Waals surface area contributed by atoms with Gasteiger partial charge in [0, 0.05) is 32.3 Å². The van der Waals surface area contributed by atoms with Crippen molar-refractivity contribution in [2.75, 3.05) is 37.7 Å². The number of fused-ring (bicyclic) bond motifs is 4. The van der Waals surface area contributed by atoms with Crippen LogP contribution in [0.25, 0.3) is 10.9 Å². The summed E-state index contributed by atoms with van der Waals surface area (Å²) in [5.41, 5.74) is -0.937. The average Bonchev–Trinajstić information content (AvgIpc) is 3.46. The Hall–Kier alpha value is -2.53. The normalized spacial score (nSPS) is 29.3. The van der Waals surface area contributed by atoms with Crippen molar-refractivity contribution in [1.29, 1.82) is 0 Å². The van der Waals surface area contributed by atoms with Crippen molar-refractivity contribution in [2.24, 2.45) is 0 Å². The van der Waals surface area contributed by atoms with Crippen molar-refractivity contribution < 1.29 is 23.0 Å². The van der Waals surface area contributed by atoms with E-state index in [1.54, 1.807) is 0 Å². The number of carbonyl (C=O) groups excluding carboxylic acids is 1. The Labute approximate surface area is 225 Å². The molecule has 6 heterocycles. The second-order valence-corrected chi connectivity index (χ2v) is 12.4. The van der Waals surface area contributed by atoms with Gasteiger partial charge in [-0.15, -0.1) is 0 Å². The summed E-state index contributed by atoms with van der Waals surface area (Å²) in [5, 5.41) is 0.147. The molecule has 4 aliphatic heterocycles. The van der Waals surface area contributed by atoms with Gasteiger partial charge >= 0.3 is 12.1 Å². The van der Waals surface area contributed by atoms with Gasteiger partial charge < -0.3 is 14.4 Å². The van der Waals surface area contributed by atoms with Crippen LogP contribution in [0.5, 0.6) is 6.01 Å². The predicted molar refractivity (Wildman–Crippen MR) is 138 cm³/mol. The summed E-state index contributed by atoms with van der Waals surface area (Å²) in [6.45, 7) is 8.06. The molecule has 0 unspecified atom stereocenters. The minimum absolute atomic E-state index is 0.0270. The number of halogens is 3. The number of rotatable bonds is 4. The van der Waals surface area contributed by atoms with E-state index in [0.717, 1.165) is 32.2 Å². The fourth-order valence-electron chi connectivity index (χ4n) is 6.64. The number of nitrogens with zero attached hydrogens (tertiary/aromatic N) is 6. The molecule has 0 aliphatic carbocycles. The first-order valence-electron chi connectivity index (χ1n) is 13.3. The van der Waals surface area contributed by atoms with Gasteiger partial charge in [0.1, 0.15) is 29.7 Å². The molecule has 9 nitrogen and oxygen atoms in total. The lowest BCUT2D eigenvalue weighted by Crippen LogP contribution is -2.57. The molecule has 206 valence electrons. The van der Waals surface area contributed by atoms with Gasteiger partial charge in [-0.25, -0.2) is 18.6 Å². The number of alkyl halides is 1. The molecule has 0 spiro atoms. The molecule has 1 amide bonds. The average molecular weight is 551 g/mol. The topological polar surface area (TPSA) is 83.9 Å². The van der Waals surface area contributed by atoms with E-state index in [4.69, 9.17) is 26.1 Å². The molecule has 38 heavy (non-hydrogen) atoms. The Balaban J connectivity index is 1.30. The van der Waals surface area contributed by atoms with Crippen LogP contribution in [0.4, 0.5) is 19.4 Å². The van der Waals surface area contributed by atoms with E-state index in [1.165, 1.54) is 6.20 Å². The molecular formula is C26H33ClF2N6O3. The van der Waals surface area contributed by atoms with Crippen LogP contribution in [0.1, 0.15) is 52.9 Å². The molecule has 0 N–H and O–H groups in total. The molecule has 2 bridgehead atoms. The summed E-state index contributed by atoms with van der Waals surface area (Å²) < 4.78 is 41.1. The standard InChI is InChI=1S/C26H33ClF2N6O3/c1-25(2,3)38-24(36)35-16-5-6-17(35)13-33(12-16)22-18-10-30-21(27)19(29)20(18)31-23(32-22)37-14-26-7-4-8-34(26)11-15(28)9-26/h10,15-17H,4-9,11-14H2,1-3H3/t15-,16+,17+,26+/m1/s1. The van der Waals surface area contributed by atoms with Gasteiger partial charge in [-0.05, 0) is 53.0 Å². The molecule has 12 heteroatoms. The highest BCUT2D eigenvalue weighted by Crippen LogP contribution is 2.41. The smallest absolute Gasteiger partial charge is 0.410 e. The number of hydrogen-bond donors (Lipinski definition) is 0. The van der Waals surface area contributed by atoms with Gasteiger partial charge in [0.15, 0.2) is 11.0 Å². The highest BCUT2D eigenvalue weighted by Gasteiger charge is 2.49. The van der Waals surface area contributed by atoms with Crippen LogP contribution >= 0.6 is 11.6 Å². The molecule has 2 aromatic heterocycles. The number of hydrogen-bond acceptors (Lipinski definition) is 8. The summed E-state index contributed by atoms with van der Waals surface area (Å²) in [4.78, 5) is 32.0. The van der Waals surface area contributed by atoms with Crippen LogP contribution in [-0.4, -0.2) is 93.0 Å². The summed E-state index contributed by atoms with van der Waals surface area (Å²) in [5.74, 6) is -0.247. The minimum atomic E-state index is -0.883.